The summed E-state index contributed by atoms with van der Waals surface area (Å²) >= 11 is 4.69. The average molecular weight is 316 g/mol. The van der Waals surface area contributed by atoms with Gasteiger partial charge in [0.1, 0.15) is 5.56 Å². The molecule has 0 spiro atoms. The number of nitrogens with zero attached hydrogens (tertiary/aromatic N) is 2. The number of aromatic nitrogens is 2. The minimum Gasteiger partial charge on any atom is -0.494 e. The number of hydrazone groups is 1. The monoisotopic (exact) mass is 316 g/mol. The first kappa shape index (κ1) is 13.9. The van der Waals surface area contributed by atoms with Crippen LogP contribution in [0.15, 0.2) is 34.2 Å². The highest BCUT2D eigenvalue weighted by molar-refractivity contribution is 7.71. The van der Waals surface area contributed by atoms with Gasteiger partial charge in [-0.1, -0.05) is 12.1 Å². The first-order valence-corrected chi connectivity index (χ1v) is 6.47. The second kappa shape index (κ2) is 5.04. The minimum absolute atomic E-state index is 0.0552. The van der Waals surface area contributed by atoms with Crippen LogP contribution >= 0.6 is 12.2 Å². The SMILES string of the molecule is O=C1c2ccccc2C(=O)N1/N=C/c1c(O)[nH]c(=S)[nH]c1=O. The molecule has 2 amide bonds. The summed E-state index contributed by atoms with van der Waals surface area (Å²) in [5.41, 5.74) is -0.475. The van der Waals surface area contributed by atoms with Crippen molar-refractivity contribution >= 4 is 30.2 Å². The van der Waals surface area contributed by atoms with E-state index in [1.807, 2.05) is 0 Å². The molecule has 3 rings (SSSR count). The number of benzene rings is 1. The summed E-state index contributed by atoms with van der Waals surface area (Å²) in [6, 6.07) is 6.28. The number of amides is 2. The van der Waals surface area contributed by atoms with Gasteiger partial charge in [0.2, 0.25) is 5.88 Å². The standard InChI is InChI=1S/C13H8N4O4S/c18-9-8(10(19)16-13(22)15-9)5-14-17-11(20)6-3-1-2-4-7(6)12(17)21/h1-5H,(H3,15,16,18,19,22)/b14-5+. The Morgan fingerprint density at radius 3 is 2.23 bits per heavy atom. The Kier molecular flexibility index (Phi) is 3.18. The fourth-order valence-electron chi connectivity index (χ4n) is 2.00. The van der Waals surface area contributed by atoms with Crippen LogP contribution in [0.5, 0.6) is 5.88 Å². The number of nitrogens with one attached hydrogen (secondary N) is 2. The highest BCUT2D eigenvalue weighted by atomic mass is 32.1. The Bertz CT molecular complexity index is 909. The first-order valence-electron chi connectivity index (χ1n) is 6.06. The maximum absolute atomic E-state index is 12.1. The van der Waals surface area contributed by atoms with Gasteiger partial charge < -0.3 is 10.1 Å². The normalized spacial score (nSPS) is 13.9. The van der Waals surface area contributed by atoms with Crippen molar-refractivity contribution in [3.63, 3.8) is 0 Å². The number of hydrogen-bond donors (Lipinski definition) is 3. The van der Waals surface area contributed by atoms with Gasteiger partial charge in [-0.2, -0.15) is 10.1 Å². The van der Waals surface area contributed by atoms with Crippen LogP contribution in [-0.2, 0) is 0 Å². The lowest BCUT2D eigenvalue weighted by Gasteiger charge is -2.05. The molecule has 0 saturated carbocycles. The summed E-state index contributed by atoms with van der Waals surface area (Å²) in [5.74, 6) is -1.71. The van der Waals surface area contributed by atoms with Crippen molar-refractivity contribution in [2.75, 3.05) is 0 Å². The predicted octanol–water partition coefficient (Wildman–Crippen LogP) is 0.768. The molecule has 0 atom stereocenters. The molecular weight excluding hydrogens is 308 g/mol. The molecule has 2 heterocycles. The maximum atomic E-state index is 12.1. The molecule has 3 N–H and O–H groups in total. The number of aromatic amines is 2. The molecule has 0 unspecified atom stereocenters. The molecule has 0 saturated heterocycles. The number of H-pyrrole nitrogens is 2. The second-order valence-electron chi connectivity index (χ2n) is 4.38. The Morgan fingerprint density at radius 2 is 1.68 bits per heavy atom. The predicted molar refractivity (Wildman–Crippen MR) is 78.4 cm³/mol. The molecule has 0 radical (unpaired) electrons. The molecular formula is C13H8N4O4S. The molecule has 0 bridgehead atoms. The van der Waals surface area contributed by atoms with Crippen molar-refractivity contribution in [1.29, 1.82) is 0 Å². The lowest BCUT2D eigenvalue weighted by atomic mass is 10.1. The fourth-order valence-corrected chi connectivity index (χ4v) is 2.19. The summed E-state index contributed by atoms with van der Waals surface area (Å²) in [6.07, 6.45) is 0.918. The van der Waals surface area contributed by atoms with Crippen LogP contribution < -0.4 is 5.56 Å². The van der Waals surface area contributed by atoms with E-state index in [0.29, 0.717) is 5.01 Å². The van der Waals surface area contributed by atoms with Crippen LogP contribution in [0.1, 0.15) is 26.3 Å². The summed E-state index contributed by atoms with van der Waals surface area (Å²) in [5, 5.41) is 14.0. The molecule has 2 aromatic rings. The molecule has 1 aliphatic heterocycles. The van der Waals surface area contributed by atoms with Crippen LogP contribution in [0, 0.1) is 4.77 Å². The lowest BCUT2D eigenvalue weighted by Crippen LogP contribution is -2.25. The van der Waals surface area contributed by atoms with Gasteiger partial charge >= 0.3 is 0 Å². The number of hydrogen-bond acceptors (Lipinski definition) is 6. The summed E-state index contributed by atoms with van der Waals surface area (Å²) in [6.45, 7) is 0. The van der Waals surface area contributed by atoms with Crippen molar-refractivity contribution < 1.29 is 14.7 Å². The number of aromatic hydroxyl groups is 1. The maximum Gasteiger partial charge on any atom is 0.282 e. The average Bonchev–Trinajstić information content (AvgIpc) is 2.71. The lowest BCUT2D eigenvalue weighted by molar-refractivity contribution is 0.0660. The second-order valence-corrected chi connectivity index (χ2v) is 4.79. The van der Waals surface area contributed by atoms with Gasteiger partial charge in [0.05, 0.1) is 17.3 Å². The van der Waals surface area contributed by atoms with Gasteiger partial charge in [-0.25, -0.2) is 0 Å². The van der Waals surface area contributed by atoms with Crippen molar-refractivity contribution in [3.8, 4) is 5.88 Å². The minimum atomic E-state index is -0.693. The smallest absolute Gasteiger partial charge is 0.282 e. The van der Waals surface area contributed by atoms with Crippen LogP contribution in [-0.4, -0.2) is 38.1 Å². The zero-order chi connectivity index (χ0) is 15.9. The van der Waals surface area contributed by atoms with E-state index in [9.17, 15) is 19.5 Å². The zero-order valence-electron chi connectivity index (χ0n) is 10.9. The molecule has 0 fully saturated rings. The number of carbonyl (C=O) groups excluding carboxylic acids is 2. The Balaban J connectivity index is 1.99. The molecule has 1 aliphatic rings. The van der Waals surface area contributed by atoms with Gasteiger partial charge in [0, 0.05) is 0 Å². The molecule has 0 aliphatic carbocycles. The number of imide groups is 1. The summed E-state index contributed by atoms with van der Waals surface area (Å²) in [4.78, 5) is 40.4. The third-order valence-electron chi connectivity index (χ3n) is 3.03. The third-order valence-corrected chi connectivity index (χ3v) is 3.24. The summed E-state index contributed by atoms with van der Waals surface area (Å²) < 4.78 is -0.0552. The topological polar surface area (TPSA) is 119 Å². The first-order chi connectivity index (χ1) is 10.5. The third kappa shape index (κ3) is 2.13. The van der Waals surface area contributed by atoms with Gasteiger partial charge in [-0.3, -0.25) is 19.4 Å². The summed E-state index contributed by atoms with van der Waals surface area (Å²) in [7, 11) is 0. The molecule has 1 aromatic carbocycles. The van der Waals surface area contributed by atoms with E-state index in [1.54, 1.807) is 12.1 Å². The molecule has 110 valence electrons. The van der Waals surface area contributed by atoms with E-state index in [0.717, 1.165) is 6.21 Å². The van der Waals surface area contributed by atoms with Crippen LogP contribution in [0.3, 0.4) is 0 Å². The number of rotatable bonds is 2. The Labute approximate surface area is 127 Å². The highest BCUT2D eigenvalue weighted by Gasteiger charge is 2.35. The number of fused-ring (bicyclic) bond motifs is 1. The van der Waals surface area contributed by atoms with Crippen LogP contribution in [0.4, 0.5) is 0 Å². The Hall–Kier alpha value is -3.07. The van der Waals surface area contributed by atoms with Gasteiger partial charge in [-0.15, -0.1) is 0 Å². The quantitative estimate of drug-likeness (QED) is 0.429. The molecule has 9 heteroatoms. The van der Waals surface area contributed by atoms with Crippen molar-refractivity contribution in [2.45, 2.75) is 0 Å². The largest absolute Gasteiger partial charge is 0.494 e. The molecule has 1 aromatic heterocycles. The van der Waals surface area contributed by atoms with Crippen LogP contribution in [0.25, 0.3) is 0 Å². The van der Waals surface area contributed by atoms with Crippen LogP contribution in [0.2, 0.25) is 0 Å². The van der Waals surface area contributed by atoms with Gasteiger partial charge in [0.25, 0.3) is 17.4 Å². The van der Waals surface area contributed by atoms with E-state index in [4.69, 9.17) is 0 Å². The number of carbonyl (C=O) groups is 2. The molecule has 8 nitrogen and oxygen atoms in total. The Morgan fingerprint density at radius 1 is 1.09 bits per heavy atom. The van der Waals surface area contributed by atoms with Gasteiger partial charge in [0.15, 0.2) is 4.77 Å². The van der Waals surface area contributed by atoms with E-state index in [2.05, 4.69) is 27.3 Å². The van der Waals surface area contributed by atoms with Crippen molar-refractivity contribution in [2.24, 2.45) is 5.10 Å². The van der Waals surface area contributed by atoms with E-state index < -0.39 is 23.3 Å². The zero-order valence-corrected chi connectivity index (χ0v) is 11.7. The fraction of sp³-hybridized carbons (Fsp3) is 0. The highest BCUT2D eigenvalue weighted by Crippen LogP contribution is 2.22. The van der Waals surface area contributed by atoms with E-state index in [-0.39, 0.29) is 21.5 Å². The van der Waals surface area contributed by atoms with E-state index in [1.165, 1.54) is 12.1 Å². The van der Waals surface area contributed by atoms with Gasteiger partial charge in [-0.05, 0) is 24.4 Å². The van der Waals surface area contributed by atoms with Crippen molar-refractivity contribution in [3.05, 3.63) is 56.1 Å². The molecule has 22 heavy (non-hydrogen) atoms. The van der Waals surface area contributed by atoms with Crippen molar-refractivity contribution in [1.82, 2.24) is 15.0 Å². The van der Waals surface area contributed by atoms with E-state index >= 15 is 0 Å².